The summed E-state index contributed by atoms with van der Waals surface area (Å²) < 4.78 is 36.8. The van der Waals surface area contributed by atoms with E-state index >= 15 is 0 Å². The number of nitrogens with zero attached hydrogens (tertiary/aromatic N) is 2. The van der Waals surface area contributed by atoms with Crippen LogP contribution in [0.4, 0.5) is 18.9 Å². The fourth-order valence-electron chi connectivity index (χ4n) is 3.80. The molecule has 8 heteroatoms. The second-order valence-corrected chi connectivity index (χ2v) is 7.91. The minimum absolute atomic E-state index is 0.0398. The molecule has 1 amide bonds. The molecule has 0 aliphatic carbocycles. The highest BCUT2D eigenvalue weighted by Crippen LogP contribution is 2.28. The highest BCUT2D eigenvalue weighted by Gasteiger charge is 2.27. The summed E-state index contributed by atoms with van der Waals surface area (Å²) in [6.07, 6.45) is -4.87. The Bertz CT molecular complexity index is 843. The van der Waals surface area contributed by atoms with Gasteiger partial charge in [0, 0.05) is 44.5 Å². The molecule has 3 rings (SSSR count). The number of likely N-dealkylation sites (tertiary alicyclic amines) is 1. The van der Waals surface area contributed by atoms with E-state index in [2.05, 4.69) is 27.2 Å². The van der Waals surface area contributed by atoms with E-state index in [0.29, 0.717) is 12.1 Å². The molecule has 1 saturated heterocycles. The number of halogens is 3. The predicted octanol–water partition coefficient (Wildman–Crippen LogP) is 3.61. The lowest BCUT2D eigenvalue weighted by atomic mass is 10.0. The Labute approximate surface area is 180 Å². The van der Waals surface area contributed by atoms with Crippen molar-refractivity contribution in [2.24, 2.45) is 0 Å². The van der Waals surface area contributed by atoms with Gasteiger partial charge in [-0.25, -0.2) is 0 Å². The molecule has 1 aliphatic rings. The van der Waals surface area contributed by atoms with Crippen molar-refractivity contribution in [3.8, 4) is 0 Å². The van der Waals surface area contributed by atoms with Gasteiger partial charge in [-0.2, -0.15) is 13.2 Å². The maximum absolute atomic E-state index is 12.3. The summed E-state index contributed by atoms with van der Waals surface area (Å²) in [6, 6.07) is 17.0. The first-order valence-corrected chi connectivity index (χ1v) is 10.4. The number of β-amino-alcohol motifs (C(OH)–C–C–N with tert-alkyl or cyclic N) is 1. The normalized spacial score (nSPS) is 18.0. The highest BCUT2D eigenvalue weighted by atomic mass is 19.4. The van der Waals surface area contributed by atoms with Gasteiger partial charge in [-0.15, -0.1) is 0 Å². The molecule has 2 aromatic rings. The number of hydrogen-bond acceptors (Lipinski definition) is 4. The molecule has 1 fully saturated rings. The molecule has 2 aromatic carbocycles. The standard InChI is InChI=1S/C23H28F3N3O2/c1-28(19-9-7-18(8-10-19)22(31)27-13-12-23(24,25)26)21(17-5-3-2-4-6-17)16-29-14-11-20(30)15-29/h2-10,20-21,30H,11-16H2,1H3,(H,27,31)/t20-,21+/m0/s1. The number of benzene rings is 2. The number of amides is 1. The molecule has 0 radical (unpaired) electrons. The Balaban J connectivity index is 1.69. The van der Waals surface area contributed by atoms with Crippen LogP contribution in [0.5, 0.6) is 0 Å². The molecule has 31 heavy (non-hydrogen) atoms. The molecule has 0 bridgehead atoms. The van der Waals surface area contributed by atoms with E-state index in [9.17, 15) is 23.1 Å². The lowest BCUT2D eigenvalue weighted by Gasteiger charge is -2.33. The quantitative estimate of drug-likeness (QED) is 0.665. The Hall–Kier alpha value is -2.58. The zero-order chi connectivity index (χ0) is 22.4. The van der Waals surface area contributed by atoms with Crippen LogP contribution >= 0.6 is 0 Å². The van der Waals surface area contributed by atoms with E-state index in [1.54, 1.807) is 24.3 Å². The largest absolute Gasteiger partial charge is 0.392 e. The molecule has 0 aromatic heterocycles. The molecule has 2 atom stereocenters. The first-order chi connectivity index (χ1) is 14.7. The molecule has 0 unspecified atom stereocenters. The van der Waals surface area contributed by atoms with Crippen LogP contribution in [-0.2, 0) is 0 Å². The van der Waals surface area contributed by atoms with Crippen LogP contribution < -0.4 is 10.2 Å². The number of carbonyl (C=O) groups excluding carboxylic acids is 1. The maximum atomic E-state index is 12.3. The van der Waals surface area contributed by atoms with Gasteiger partial charge < -0.3 is 15.3 Å². The third-order valence-corrected chi connectivity index (χ3v) is 5.56. The number of nitrogens with one attached hydrogen (secondary N) is 1. The third-order valence-electron chi connectivity index (χ3n) is 5.56. The van der Waals surface area contributed by atoms with Gasteiger partial charge in [-0.3, -0.25) is 9.69 Å². The number of carbonyl (C=O) groups is 1. The van der Waals surface area contributed by atoms with Crippen molar-refractivity contribution in [3.05, 3.63) is 65.7 Å². The van der Waals surface area contributed by atoms with Crippen LogP contribution in [0.3, 0.4) is 0 Å². The van der Waals surface area contributed by atoms with Crippen molar-refractivity contribution in [1.82, 2.24) is 10.2 Å². The van der Waals surface area contributed by atoms with Gasteiger partial charge in [-0.05, 0) is 36.2 Å². The molecule has 168 valence electrons. The lowest BCUT2D eigenvalue weighted by Crippen LogP contribution is -2.36. The van der Waals surface area contributed by atoms with Crippen molar-refractivity contribution in [2.75, 3.05) is 38.1 Å². The summed E-state index contributed by atoms with van der Waals surface area (Å²) in [6.45, 7) is 1.79. The summed E-state index contributed by atoms with van der Waals surface area (Å²) in [5.74, 6) is -0.524. The Kier molecular flexibility index (Phi) is 7.56. The van der Waals surface area contributed by atoms with E-state index < -0.39 is 25.0 Å². The summed E-state index contributed by atoms with van der Waals surface area (Å²) >= 11 is 0. The molecule has 1 aliphatic heterocycles. The van der Waals surface area contributed by atoms with Crippen molar-refractivity contribution in [2.45, 2.75) is 31.2 Å². The zero-order valence-electron chi connectivity index (χ0n) is 17.5. The van der Waals surface area contributed by atoms with Crippen LogP contribution in [0.1, 0.15) is 34.8 Å². The smallest absolute Gasteiger partial charge is 0.390 e. The predicted molar refractivity (Wildman–Crippen MR) is 114 cm³/mol. The summed E-state index contributed by atoms with van der Waals surface area (Å²) in [7, 11) is 1.97. The van der Waals surface area contributed by atoms with Crippen molar-refractivity contribution >= 4 is 11.6 Å². The Morgan fingerprint density at radius 2 is 1.87 bits per heavy atom. The summed E-state index contributed by atoms with van der Waals surface area (Å²) in [5.41, 5.74) is 2.35. The van der Waals surface area contributed by atoms with Crippen LogP contribution in [-0.4, -0.2) is 61.4 Å². The minimum Gasteiger partial charge on any atom is -0.392 e. The van der Waals surface area contributed by atoms with Crippen LogP contribution in [0.15, 0.2) is 54.6 Å². The zero-order valence-corrected chi connectivity index (χ0v) is 17.5. The van der Waals surface area contributed by atoms with Gasteiger partial charge in [0.15, 0.2) is 0 Å². The third kappa shape index (κ3) is 6.70. The summed E-state index contributed by atoms with van der Waals surface area (Å²) in [5, 5.41) is 12.2. The van der Waals surface area contributed by atoms with Crippen molar-refractivity contribution < 1.29 is 23.1 Å². The first kappa shape index (κ1) is 23.1. The molecule has 2 N–H and O–H groups in total. The maximum Gasteiger partial charge on any atom is 0.390 e. The number of alkyl halides is 3. The topological polar surface area (TPSA) is 55.8 Å². The fraction of sp³-hybridized carbons (Fsp3) is 0.435. The average Bonchev–Trinajstić information content (AvgIpc) is 3.16. The van der Waals surface area contributed by atoms with Crippen molar-refractivity contribution in [3.63, 3.8) is 0 Å². The van der Waals surface area contributed by atoms with E-state index in [-0.39, 0.29) is 12.1 Å². The number of hydrogen-bond donors (Lipinski definition) is 2. The Morgan fingerprint density at radius 3 is 2.45 bits per heavy atom. The number of aliphatic hydroxyl groups is 1. The molecular weight excluding hydrogens is 407 g/mol. The average molecular weight is 435 g/mol. The molecule has 0 spiro atoms. The minimum atomic E-state index is -4.29. The number of anilines is 1. The summed E-state index contributed by atoms with van der Waals surface area (Å²) in [4.78, 5) is 16.5. The van der Waals surface area contributed by atoms with Gasteiger partial charge in [0.2, 0.25) is 0 Å². The highest BCUT2D eigenvalue weighted by molar-refractivity contribution is 5.94. The first-order valence-electron chi connectivity index (χ1n) is 10.4. The van der Waals surface area contributed by atoms with Gasteiger partial charge in [-0.1, -0.05) is 30.3 Å². The van der Waals surface area contributed by atoms with Gasteiger partial charge in [0.25, 0.3) is 5.91 Å². The fourth-order valence-corrected chi connectivity index (χ4v) is 3.80. The molecule has 5 nitrogen and oxygen atoms in total. The second-order valence-electron chi connectivity index (χ2n) is 7.91. The number of likely N-dealkylation sites (N-methyl/N-ethyl adjacent to an activating group) is 1. The van der Waals surface area contributed by atoms with Crippen LogP contribution in [0.25, 0.3) is 0 Å². The van der Waals surface area contributed by atoms with Gasteiger partial charge in [0.05, 0.1) is 18.6 Å². The van der Waals surface area contributed by atoms with E-state index in [1.807, 2.05) is 25.2 Å². The van der Waals surface area contributed by atoms with Gasteiger partial charge in [0.1, 0.15) is 0 Å². The monoisotopic (exact) mass is 435 g/mol. The molecular formula is C23H28F3N3O2. The number of aliphatic hydroxyl groups excluding tert-OH is 1. The van der Waals surface area contributed by atoms with Gasteiger partial charge >= 0.3 is 6.18 Å². The van der Waals surface area contributed by atoms with Crippen LogP contribution in [0.2, 0.25) is 0 Å². The van der Waals surface area contributed by atoms with E-state index in [4.69, 9.17) is 0 Å². The molecule has 0 saturated carbocycles. The van der Waals surface area contributed by atoms with E-state index in [1.165, 1.54) is 0 Å². The second kappa shape index (κ2) is 10.2. The Morgan fingerprint density at radius 1 is 1.19 bits per heavy atom. The van der Waals surface area contributed by atoms with Crippen molar-refractivity contribution in [1.29, 1.82) is 0 Å². The van der Waals surface area contributed by atoms with Crippen LogP contribution in [0, 0.1) is 0 Å². The molecule has 1 heterocycles. The SMILES string of the molecule is CN(c1ccc(C(=O)NCCC(F)(F)F)cc1)[C@H](CN1CC[C@H](O)C1)c1ccccc1. The lowest BCUT2D eigenvalue weighted by molar-refractivity contribution is -0.132. The number of rotatable bonds is 8. The van der Waals surface area contributed by atoms with E-state index in [0.717, 1.165) is 30.8 Å².